The van der Waals surface area contributed by atoms with Crippen LogP contribution in [0.5, 0.6) is 0 Å². The quantitative estimate of drug-likeness (QED) is 0.495. The molecule has 23 heavy (non-hydrogen) atoms. The van der Waals surface area contributed by atoms with Gasteiger partial charge in [0.15, 0.2) is 0 Å². The van der Waals surface area contributed by atoms with Crippen LogP contribution in [0.25, 0.3) is 10.6 Å². The molecular weight excluding hydrogens is 363 g/mol. The van der Waals surface area contributed by atoms with Gasteiger partial charge in [0, 0.05) is 16.9 Å². The highest BCUT2D eigenvalue weighted by molar-refractivity contribution is 7.15. The Balaban J connectivity index is 1.96. The maximum absolute atomic E-state index is 12.8. The third-order valence-corrected chi connectivity index (χ3v) is 5.59. The highest BCUT2D eigenvalue weighted by Gasteiger charge is 2.30. The third-order valence-electron chi connectivity index (χ3n) is 3.29. The van der Waals surface area contributed by atoms with Gasteiger partial charge >= 0.3 is 6.18 Å². The smallest absolute Gasteiger partial charge is 0.240 e. The molecule has 0 amide bonds. The van der Waals surface area contributed by atoms with Gasteiger partial charge in [0.05, 0.1) is 17.1 Å². The lowest BCUT2D eigenvalue weighted by atomic mass is 10.1. The number of hydrogen-bond acceptors (Lipinski definition) is 3. The number of thiophene rings is 1. The van der Waals surface area contributed by atoms with Crippen molar-refractivity contribution in [1.29, 1.82) is 0 Å². The second kappa shape index (κ2) is 6.63. The van der Waals surface area contributed by atoms with Gasteiger partial charge in [-0.3, -0.25) is 0 Å². The molecule has 0 fully saturated rings. The second-order valence-corrected chi connectivity index (χ2v) is 7.04. The Hall–Kier alpha value is -1.37. The fourth-order valence-corrected chi connectivity index (χ4v) is 4.08. The van der Waals surface area contributed by atoms with Crippen molar-refractivity contribution in [3.05, 3.63) is 62.8 Å². The molecule has 2 aromatic heterocycles. The van der Waals surface area contributed by atoms with Crippen LogP contribution in [0.3, 0.4) is 0 Å². The molecule has 0 bridgehead atoms. The molecule has 0 aliphatic heterocycles. The Morgan fingerprint density at radius 2 is 2.00 bits per heavy atom. The van der Waals surface area contributed by atoms with Crippen LogP contribution in [0.2, 0.25) is 0 Å². The molecule has 0 radical (unpaired) electrons. The lowest BCUT2D eigenvalue weighted by Crippen LogP contribution is -2.04. The van der Waals surface area contributed by atoms with E-state index in [1.54, 1.807) is 17.4 Å². The largest absolute Gasteiger partial charge is 0.416 e. The zero-order valence-corrected chi connectivity index (χ0v) is 14.1. The van der Waals surface area contributed by atoms with Gasteiger partial charge in [0.2, 0.25) is 0 Å². The zero-order valence-electron chi connectivity index (χ0n) is 11.7. The number of halogens is 4. The number of benzene rings is 1. The summed E-state index contributed by atoms with van der Waals surface area (Å²) < 4.78 is 38.5. The van der Waals surface area contributed by atoms with E-state index in [0.717, 1.165) is 28.3 Å². The molecule has 0 N–H and O–H groups in total. The summed E-state index contributed by atoms with van der Waals surface area (Å²) in [5.41, 5.74) is 1.75. The topological polar surface area (TPSA) is 12.9 Å². The molecule has 3 rings (SSSR count). The molecule has 1 nitrogen and oxygen atoms in total. The van der Waals surface area contributed by atoms with E-state index in [2.05, 4.69) is 4.98 Å². The van der Waals surface area contributed by atoms with E-state index in [0.29, 0.717) is 22.9 Å². The fraction of sp³-hybridized carbons (Fsp3) is 0.188. The van der Waals surface area contributed by atoms with Crippen molar-refractivity contribution in [2.45, 2.75) is 18.5 Å². The standard InChI is InChI=1S/C16H11ClF3NS2/c17-8-14-13(6-10-4-5-22-9-10)21-15(23-14)11-2-1-3-12(7-11)16(18,19)20/h1-5,7,9H,6,8H2. The van der Waals surface area contributed by atoms with Crippen LogP contribution in [0.1, 0.15) is 21.7 Å². The number of thiazole rings is 1. The first kappa shape index (κ1) is 16.5. The first-order chi connectivity index (χ1) is 11.0. The van der Waals surface area contributed by atoms with Gasteiger partial charge in [-0.15, -0.1) is 22.9 Å². The first-order valence-electron chi connectivity index (χ1n) is 6.70. The molecule has 0 aliphatic rings. The van der Waals surface area contributed by atoms with Gasteiger partial charge in [0.1, 0.15) is 5.01 Å². The van der Waals surface area contributed by atoms with Crippen LogP contribution in [0, 0.1) is 0 Å². The minimum absolute atomic E-state index is 0.302. The van der Waals surface area contributed by atoms with E-state index in [4.69, 9.17) is 11.6 Å². The lowest BCUT2D eigenvalue weighted by molar-refractivity contribution is -0.137. The van der Waals surface area contributed by atoms with Crippen LogP contribution in [-0.2, 0) is 18.5 Å². The maximum Gasteiger partial charge on any atom is 0.416 e. The third kappa shape index (κ3) is 3.76. The van der Waals surface area contributed by atoms with Crippen molar-refractivity contribution in [1.82, 2.24) is 4.98 Å². The predicted molar refractivity (Wildman–Crippen MR) is 89.2 cm³/mol. The Bertz CT molecular complexity index is 794. The molecule has 0 saturated carbocycles. The Kier molecular flexibility index (Phi) is 4.75. The van der Waals surface area contributed by atoms with E-state index in [1.807, 2.05) is 16.8 Å². The summed E-state index contributed by atoms with van der Waals surface area (Å²) in [5, 5.41) is 4.58. The monoisotopic (exact) mass is 373 g/mol. The van der Waals surface area contributed by atoms with Crippen LogP contribution in [0.4, 0.5) is 13.2 Å². The van der Waals surface area contributed by atoms with Crippen molar-refractivity contribution in [3.63, 3.8) is 0 Å². The van der Waals surface area contributed by atoms with Crippen molar-refractivity contribution < 1.29 is 13.2 Å². The van der Waals surface area contributed by atoms with E-state index >= 15 is 0 Å². The molecule has 3 aromatic rings. The number of hydrogen-bond donors (Lipinski definition) is 0. The molecule has 1 aromatic carbocycles. The van der Waals surface area contributed by atoms with Crippen LogP contribution in [0.15, 0.2) is 41.1 Å². The molecule has 0 saturated heterocycles. The van der Waals surface area contributed by atoms with Gasteiger partial charge in [-0.2, -0.15) is 24.5 Å². The van der Waals surface area contributed by atoms with Gasteiger partial charge in [-0.05, 0) is 34.5 Å². The Morgan fingerprint density at radius 3 is 2.65 bits per heavy atom. The Morgan fingerprint density at radius 1 is 1.17 bits per heavy atom. The highest BCUT2D eigenvalue weighted by Crippen LogP contribution is 2.35. The number of nitrogens with zero attached hydrogens (tertiary/aromatic N) is 1. The summed E-state index contributed by atoms with van der Waals surface area (Å²) in [6.45, 7) is 0. The molecule has 7 heteroatoms. The predicted octanol–water partition coefficient (Wildman–Crippen LogP) is 6.22. The molecule has 0 aliphatic carbocycles. The second-order valence-electron chi connectivity index (χ2n) is 4.91. The van der Waals surface area contributed by atoms with E-state index < -0.39 is 11.7 Å². The summed E-state index contributed by atoms with van der Waals surface area (Å²) in [6.07, 6.45) is -3.72. The van der Waals surface area contributed by atoms with E-state index in [1.165, 1.54) is 17.4 Å². The van der Waals surface area contributed by atoms with Crippen molar-refractivity contribution in [2.24, 2.45) is 0 Å². The van der Waals surface area contributed by atoms with E-state index in [-0.39, 0.29) is 0 Å². The van der Waals surface area contributed by atoms with Gasteiger partial charge < -0.3 is 0 Å². The van der Waals surface area contributed by atoms with Crippen molar-refractivity contribution in [2.75, 3.05) is 0 Å². The number of aromatic nitrogens is 1. The summed E-state index contributed by atoms with van der Waals surface area (Å²) in [7, 11) is 0. The molecule has 120 valence electrons. The molecule has 0 atom stereocenters. The normalized spacial score (nSPS) is 11.8. The number of alkyl halides is 4. The van der Waals surface area contributed by atoms with E-state index in [9.17, 15) is 13.2 Å². The lowest BCUT2D eigenvalue weighted by Gasteiger charge is -2.07. The SMILES string of the molecule is FC(F)(F)c1cccc(-c2nc(Cc3ccsc3)c(CCl)s2)c1. The number of rotatable bonds is 4. The summed E-state index contributed by atoms with van der Waals surface area (Å²) in [5.74, 6) is 0.302. The highest BCUT2D eigenvalue weighted by atomic mass is 35.5. The Labute approximate surface area is 144 Å². The summed E-state index contributed by atoms with van der Waals surface area (Å²) in [4.78, 5) is 5.41. The summed E-state index contributed by atoms with van der Waals surface area (Å²) in [6, 6.07) is 7.24. The fourth-order valence-electron chi connectivity index (χ4n) is 2.16. The molecular formula is C16H11ClF3NS2. The van der Waals surface area contributed by atoms with Crippen LogP contribution >= 0.6 is 34.3 Å². The first-order valence-corrected chi connectivity index (χ1v) is 9.00. The van der Waals surface area contributed by atoms with Crippen LogP contribution in [-0.4, -0.2) is 4.98 Å². The van der Waals surface area contributed by atoms with Gasteiger partial charge in [0.25, 0.3) is 0 Å². The minimum atomic E-state index is -4.36. The molecule has 0 spiro atoms. The molecule has 2 heterocycles. The zero-order chi connectivity index (χ0) is 16.4. The molecule has 0 unspecified atom stereocenters. The van der Waals surface area contributed by atoms with Gasteiger partial charge in [-0.1, -0.05) is 12.1 Å². The van der Waals surface area contributed by atoms with Crippen molar-refractivity contribution >= 4 is 34.3 Å². The summed E-state index contributed by atoms with van der Waals surface area (Å²) >= 11 is 8.91. The van der Waals surface area contributed by atoms with Gasteiger partial charge in [-0.25, -0.2) is 4.98 Å². The maximum atomic E-state index is 12.8. The van der Waals surface area contributed by atoms with Crippen LogP contribution < -0.4 is 0 Å². The average Bonchev–Trinajstić information content (AvgIpc) is 3.16. The minimum Gasteiger partial charge on any atom is -0.240 e. The van der Waals surface area contributed by atoms with Crippen molar-refractivity contribution in [3.8, 4) is 10.6 Å². The average molecular weight is 374 g/mol.